The van der Waals surface area contributed by atoms with Crippen molar-refractivity contribution in [1.82, 2.24) is 31.0 Å². The summed E-state index contributed by atoms with van der Waals surface area (Å²) in [6.07, 6.45) is 3.26. The van der Waals surface area contributed by atoms with E-state index in [1.54, 1.807) is 6.20 Å². The molecule has 4 rings (SSSR count). The fourth-order valence-corrected chi connectivity index (χ4v) is 4.44. The molecule has 4 heterocycles. The monoisotopic (exact) mass is 430 g/mol. The highest BCUT2D eigenvalue weighted by Crippen LogP contribution is 2.30. The van der Waals surface area contributed by atoms with Gasteiger partial charge in [0.15, 0.2) is 0 Å². The molecule has 3 saturated heterocycles. The molecule has 160 valence electrons. The van der Waals surface area contributed by atoms with Gasteiger partial charge in [-0.05, 0) is 25.3 Å². The van der Waals surface area contributed by atoms with Gasteiger partial charge in [0, 0.05) is 31.2 Å². The molecule has 0 radical (unpaired) electrons. The highest BCUT2D eigenvalue weighted by molar-refractivity contribution is 7.80. The van der Waals surface area contributed by atoms with E-state index in [4.69, 9.17) is 9.39 Å². The van der Waals surface area contributed by atoms with E-state index in [0.717, 1.165) is 18.7 Å². The number of H-pyrrole nitrogens is 1. The lowest BCUT2D eigenvalue weighted by Gasteiger charge is -2.29. The predicted molar refractivity (Wildman–Crippen MR) is 95.2 cm³/mol. The molecule has 0 aliphatic carbocycles. The molecule has 3 aliphatic heterocycles. The van der Waals surface area contributed by atoms with E-state index in [1.165, 1.54) is 4.90 Å². The standard InChI is InChI=1S/C15H22N6O7S/c22-14(19-27-8-10-5-9(6-16-10)12-3-4-17-18-12)13-2-1-11-7-20(13)15(23)21(11)28-29(24,25)26/h3-4,9-11,13,16H,1-2,5-8H2,(H,17,18)(H,19,22)(H,24,25,26)/t9-,10-,11-,13+/m1/s1. The van der Waals surface area contributed by atoms with Crippen molar-refractivity contribution < 1.29 is 31.7 Å². The fraction of sp³-hybridized carbons (Fsp3) is 0.667. The minimum atomic E-state index is -4.82. The first-order valence-corrected chi connectivity index (χ1v) is 10.6. The number of carbonyl (C=O) groups is 2. The number of nitrogens with one attached hydrogen (secondary N) is 3. The summed E-state index contributed by atoms with van der Waals surface area (Å²) in [6.45, 7) is 1.15. The Morgan fingerprint density at radius 1 is 1.41 bits per heavy atom. The maximum Gasteiger partial charge on any atom is 0.418 e. The maximum atomic E-state index is 12.5. The topological polar surface area (TPSA) is 166 Å². The van der Waals surface area contributed by atoms with Crippen molar-refractivity contribution in [2.45, 2.75) is 43.3 Å². The van der Waals surface area contributed by atoms with E-state index in [1.807, 2.05) is 6.07 Å². The number of hydrogen-bond donors (Lipinski definition) is 4. The van der Waals surface area contributed by atoms with Gasteiger partial charge in [0.25, 0.3) is 5.91 Å². The summed E-state index contributed by atoms with van der Waals surface area (Å²) in [7, 11) is -4.82. The van der Waals surface area contributed by atoms with E-state index < -0.39 is 34.4 Å². The van der Waals surface area contributed by atoms with E-state index in [9.17, 15) is 18.0 Å². The van der Waals surface area contributed by atoms with Gasteiger partial charge in [-0.15, -0.1) is 4.28 Å². The summed E-state index contributed by atoms with van der Waals surface area (Å²) in [6, 6.07) is -0.155. The molecule has 0 spiro atoms. The lowest BCUT2D eigenvalue weighted by atomic mass is 10.0. The number of fused-ring (bicyclic) bond motifs is 2. The predicted octanol–water partition coefficient (Wildman–Crippen LogP) is -1.09. The second kappa shape index (κ2) is 7.87. The van der Waals surface area contributed by atoms with Crippen LogP contribution in [0.1, 0.15) is 30.9 Å². The summed E-state index contributed by atoms with van der Waals surface area (Å²) in [5.74, 6) is -0.218. The van der Waals surface area contributed by atoms with Gasteiger partial charge >= 0.3 is 16.4 Å². The highest BCUT2D eigenvalue weighted by Gasteiger charge is 2.49. The number of piperidine rings is 1. The summed E-state index contributed by atoms with van der Waals surface area (Å²) in [5, 5.41) is 10.9. The van der Waals surface area contributed by atoms with Gasteiger partial charge in [-0.25, -0.2) is 10.3 Å². The van der Waals surface area contributed by atoms with Crippen molar-refractivity contribution in [2.75, 3.05) is 19.7 Å². The number of amides is 3. The van der Waals surface area contributed by atoms with Crippen LogP contribution < -0.4 is 10.8 Å². The first kappa shape index (κ1) is 20.0. The van der Waals surface area contributed by atoms with Gasteiger partial charge in [0.1, 0.15) is 6.04 Å². The summed E-state index contributed by atoms with van der Waals surface area (Å²) in [5.41, 5.74) is 3.35. The zero-order chi connectivity index (χ0) is 20.6. The van der Waals surface area contributed by atoms with Crippen LogP contribution in [0.15, 0.2) is 12.3 Å². The SMILES string of the molecule is O=C(NOC[C@H]1C[C@@H](c2cc[nH]n2)CN1)[C@@H]1CC[C@@H]2CN1C(=O)N2OS(=O)(=O)O. The molecule has 3 amide bonds. The molecule has 3 fully saturated rings. The van der Waals surface area contributed by atoms with Crippen molar-refractivity contribution in [1.29, 1.82) is 0 Å². The normalized spacial score (nSPS) is 29.5. The Morgan fingerprint density at radius 2 is 2.24 bits per heavy atom. The van der Waals surface area contributed by atoms with Crippen LogP contribution in [0, 0.1) is 0 Å². The van der Waals surface area contributed by atoms with Crippen molar-refractivity contribution >= 4 is 22.3 Å². The van der Waals surface area contributed by atoms with Gasteiger partial charge in [-0.2, -0.15) is 18.6 Å². The van der Waals surface area contributed by atoms with Crippen LogP contribution in [0.4, 0.5) is 4.79 Å². The van der Waals surface area contributed by atoms with Crippen molar-refractivity contribution in [3.05, 3.63) is 18.0 Å². The Labute approximate surface area is 166 Å². The Bertz CT molecular complexity index is 863. The number of hydroxylamine groups is 3. The molecule has 0 aromatic carbocycles. The molecule has 14 heteroatoms. The minimum absolute atomic E-state index is 0.0554. The largest absolute Gasteiger partial charge is 0.418 e. The van der Waals surface area contributed by atoms with Crippen LogP contribution in [-0.4, -0.2) is 82.9 Å². The molecule has 0 unspecified atom stereocenters. The van der Waals surface area contributed by atoms with Gasteiger partial charge in [-0.1, -0.05) is 0 Å². The lowest BCUT2D eigenvalue weighted by molar-refractivity contribution is -0.139. The van der Waals surface area contributed by atoms with Crippen LogP contribution in [0.3, 0.4) is 0 Å². The molecule has 4 N–H and O–H groups in total. The van der Waals surface area contributed by atoms with Gasteiger partial charge in [-0.3, -0.25) is 19.3 Å². The van der Waals surface area contributed by atoms with Crippen LogP contribution in [-0.2, 0) is 24.3 Å². The summed E-state index contributed by atoms with van der Waals surface area (Å²) < 4.78 is 35.0. The fourth-order valence-electron chi connectivity index (χ4n) is 4.06. The van der Waals surface area contributed by atoms with Crippen LogP contribution in [0.2, 0.25) is 0 Å². The number of nitrogens with zero attached hydrogens (tertiary/aromatic N) is 3. The minimum Gasteiger partial charge on any atom is -0.311 e. The third-order valence-electron chi connectivity index (χ3n) is 5.42. The average Bonchev–Trinajstić information content (AvgIpc) is 3.39. The third-order valence-corrected chi connectivity index (χ3v) is 5.77. The number of aromatic nitrogens is 2. The molecule has 2 bridgehead atoms. The molecule has 1 aromatic heterocycles. The van der Waals surface area contributed by atoms with Crippen molar-refractivity contribution in [3.8, 4) is 0 Å². The van der Waals surface area contributed by atoms with Crippen LogP contribution >= 0.6 is 0 Å². The Kier molecular flexibility index (Phi) is 5.44. The third kappa shape index (κ3) is 4.35. The number of rotatable bonds is 7. The molecular weight excluding hydrogens is 408 g/mol. The Hall–Kier alpha value is -2.26. The van der Waals surface area contributed by atoms with E-state index >= 15 is 0 Å². The molecule has 1 aromatic rings. The zero-order valence-electron chi connectivity index (χ0n) is 15.4. The first-order chi connectivity index (χ1) is 13.8. The Morgan fingerprint density at radius 3 is 2.97 bits per heavy atom. The smallest absolute Gasteiger partial charge is 0.311 e. The number of aromatic amines is 1. The van der Waals surface area contributed by atoms with Crippen molar-refractivity contribution in [2.24, 2.45) is 0 Å². The number of urea groups is 1. The van der Waals surface area contributed by atoms with Crippen molar-refractivity contribution in [3.63, 3.8) is 0 Å². The second-order valence-electron chi connectivity index (χ2n) is 7.32. The second-order valence-corrected chi connectivity index (χ2v) is 8.33. The first-order valence-electron chi connectivity index (χ1n) is 9.23. The lowest BCUT2D eigenvalue weighted by Crippen LogP contribution is -2.50. The maximum absolute atomic E-state index is 12.5. The van der Waals surface area contributed by atoms with Gasteiger partial charge < -0.3 is 10.2 Å². The molecule has 29 heavy (non-hydrogen) atoms. The molecule has 3 aliphatic rings. The van der Waals surface area contributed by atoms with E-state index in [0.29, 0.717) is 17.9 Å². The molecular formula is C15H22N6O7S. The zero-order valence-corrected chi connectivity index (χ0v) is 16.2. The molecule has 13 nitrogen and oxygen atoms in total. The van der Waals surface area contributed by atoms with E-state index in [2.05, 4.69) is 25.3 Å². The highest BCUT2D eigenvalue weighted by atomic mass is 32.3. The average molecular weight is 430 g/mol. The summed E-state index contributed by atoms with van der Waals surface area (Å²) >= 11 is 0. The van der Waals surface area contributed by atoms with E-state index in [-0.39, 0.29) is 25.1 Å². The van der Waals surface area contributed by atoms with Crippen LogP contribution in [0.25, 0.3) is 0 Å². The quantitative estimate of drug-likeness (QED) is 0.310. The summed E-state index contributed by atoms with van der Waals surface area (Å²) in [4.78, 5) is 31.3. The number of hydrogen-bond acceptors (Lipinski definition) is 8. The van der Waals surface area contributed by atoms with Gasteiger partial charge in [0.2, 0.25) is 0 Å². The Balaban J connectivity index is 1.25. The number of carbonyl (C=O) groups excluding carboxylic acids is 2. The van der Waals surface area contributed by atoms with Gasteiger partial charge in [0.05, 0.1) is 18.3 Å². The molecule has 0 saturated carbocycles. The molecule has 4 atom stereocenters. The van der Waals surface area contributed by atoms with Crippen LogP contribution in [0.5, 0.6) is 0 Å².